The van der Waals surface area contributed by atoms with Gasteiger partial charge in [0.2, 0.25) is 0 Å². The fourth-order valence-electron chi connectivity index (χ4n) is 1.42. The molecule has 64 valence electrons. The summed E-state index contributed by atoms with van der Waals surface area (Å²) in [6, 6.07) is 11.6. The van der Waals surface area contributed by atoms with E-state index in [2.05, 4.69) is 15.9 Å². The lowest BCUT2D eigenvalue weighted by atomic mass is 10.1. The zero-order chi connectivity index (χ0) is 9.26. The van der Waals surface area contributed by atoms with Crippen LogP contribution in [0.2, 0.25) is 0 Å². The van der Waals surface area contributed by atoms with Crippen LogP contribution < -0.4 is 0 Å². The van der Waals surface area contributed by atoms with Crippen molar-refractivity contribution < 1.29 is 4.79 Å². The fraction of sp³-hybridized carbons (Fsp3) is 0. The smallest absolute Gasteiger partial charge is 0.150 e. The van der Waals surface area contributed by atoms with Crippen molar-refractivity contribution >= 4 is 33.0 Å². The molecular formula is C11H7BrO. The SMILES string of the molecule is O=Cc1cccc2cccc(Br)c12. The van der Waals surface area contributed by atoms with Gasteiger partial charge < -0.3 is 0 Å². The molecule has 0 bridgehead atoms. The molecule has 1 nitrogen and oxygen atoms in total. The van der Waals surface area contributed by atoms with Crippen molar-refractivity contribution in [3.63, 3.8) is 0 Å². The number of rotatable bonds is 1. The first-order valence-corrected chi connectivity index (χ1v) is 4.74. The molecule has 2 rings (SSSR count). The van der Waals surface area contributed by atoms with Gasteiger partial charge in [0.05, 0.1) is 0 Å². The van der Waals surface area contributed by atoms with Gasteiger partial charge in [-0.3, -0.25) is 4.79 Å². The number of hydrogen-bond donors (Lipinski definition) is 0. The summed E-state index contributed by atoms with van der Waals surface area (Å²) in [5, 5.41) is 2.07. The van der Waals surface area contributed by atoms with Gasteiger partial charge in [-0.15, -0.1) is 0 Å². The van der Waals surface area contributed by atoms with Crippen LogP contribution in [-0.4, -0.2) is 6.29 Å². The van der Waals surface area contributed by atoms with Crippen LogP contribution in [0.4, 0.5) is 0 Å². The van der Waals surface area contributed by atoms with Crippen molar-refractivity contribution in [2.75, 3.05) is 0 Å². The Bertz CT molecular complexity index is 457. The number of hydrogen-bond acceptors (Lipinski definition) is 1. The molecule has 0 unspecified atom stereocenters. The number of carbonyl (C=O) groups is 1. The lowest BCUT2D eigenvalue weighted by Crippen LogP contribution is -1.83. The first-order chi connectivity index (χ1) is 6.33. The molecule has 0 saturated heterocycles. The number of halogens is 1. The molecule has 2 aromatic rings. The predicted octanol–water partition coefficient (Wildman–Crippen LogP) is 3.41. The molecule has 0 radical (unpaired) electrons. The molecule has 13 heavy (non-hydrogen) atoms. The Morgan fingerprint density at radius 1 is 1.08 bits per heavy atom. The Morgan fingerprint density at radius 3 is 2.46 bits per heavy atom. The normalized spacial score (nSPS) is 10.2. The van der Waals surface area contributed by atoms with E-state index >= 15 is 0 Å². The van der Waals surface area contributed by atoms with Gasteiger partial charge in [0.1, 0.15) is 0 Å². The van der Waals surface area contributed by atoms with E-state index in [1.807, 2.05) is 36.4 Å². The highest BCUT2D eigenvalue weighted by atomic mass is 79.9. The zero-order valence-corrected chi connectivity index (χ0v) is 8.41. The van der Waals surface area contributed by atoms with E-state index < -0.39 is 0 Å². The monoisotopic (exact) mass is 234 g/mol. The largest absolute Gasteiger partial charge is 0.298 e. The fourth-order valence-corrected chi connectivity index (χ4v) is 2.03. The summed E-state index contributed by atoms with van der Waals surface area (Å²) in [6.07, 6.45) is 0.882. The van der Waals surface area contributed by atoms with Crippen LogP contribution >= 0.6 is 15.9 Å². The van der Waals surface area contributed by atoms with Crippen LogP contribution in [-0.2, 0) is 0 Å². The van der Waals surface area contributed by atoms with E-state index in [9.17, 15) is 4.79 Å². The summed E-state index contributed by atoms with van der Waals surface area (Å²) in [4.78, 5) is 10.8. The van der Waals surface area contributed by atoms with Crippen molar-refractivity contribution in [2.45, 2.75) is 0 Å². The summed E-state index contributed by atoms with van der Waals surface area (Å²) in [6.45, 7) is 0. The quantitative estimate of drug-likeness (QED) is 0.692. The third-order valence-electron chi connectivity index (χ3n) is 2.01. The third-order valence-corrected chi connectivity index (χ3v) is 2.67. The molecule has 0 aliphatic carbocycles. The van der Waals surface area contributed by atoms with Gasteiger partial charge in [0.15, 0.2) is 6.29 Å². The number of carbonyl (C=O) groups excluding carboxylic acids is 1. The van der Waals surface area contributed by atoms with Gasteiger partial charge in [-0.05, 0) is 11.5 Å². The Morgan fingerprint density at radius 2 is 1.77 bits per heavy atom. The summed E-state index contributed by atoms with van der Waals surface area (Å²) in [5.74, 6) is 0. The summed E-state index contributed by atoms with van der Waals surface area (Å²) in [7, 11) is 0. The summed E-state index contributed by atoms with van der Waals surface area (Å²) in [5.41, 5.74) is 0.727. The van der Waals surface area contributed by atoms with E-state index in [1.54, 1.807) is 0 Å². The van der Waals surface area contributed by atoms with Crippen LogP contribution in [0.3, 0.4) is 0 Å². The van der Waals surface area contributed by atoms with Crippen LogP contribution in [0.25, 0.3) is 10.8 Å². The van der Waals surface area contributed by atoms with E-state index in [0.717, 1.165) is 27.1 Å². The van der Waals surface area contributed by atoms with E-state index in [-0.39, 0.29) is 0 Å². The van der Waals surface area contributed by atoms with Crippen LogP contribution in [0.1, 0.15) is 10.4 Å². The molecule has 0 heterocycles. The summed E-state index contributed by atoms with van der Waals surface area (Å²) >= 11 is 3.43. The first kappa shape index (κ1) is 8.45. The molecule has 0 aliphatic rings. The van der Waals surface area contributed by atoms with Crippen molar-refractivity contribution in [1.82, 2.24) is 0 Å². The number of fused-ring (bicyclic) bond motifs is 1. The van der Waals surface area contributed by atoms with Crippen molar-refractivity contribution in [3.8, 4) is 0 Å². The minimum Gasteiger partial charge on any atom is -0.298 e. The third kappa shape index (κ3) is 1.38. The lowest BCUT2D eigenvalue weighted by molar-refractivity contribution is 0.112. The molecular weight excluding hydrogens is 228 g/mol. The molecule has 0 aromatic heterocycles. The molecule has 0 N–H and O–H groups in total. The van der Waals surface area contributed by atoms with Crippen LogP contribution in [0.5, 0.6) is 0 Å². The highest BCUT2D eigenvalue weighted by Crippen LogP contribution is 2.25. The zero-order valence-electron chi connectivity index (χ0n) is 6.83. The molecule has 0 fully saturated rings. The van der Waals surface area contributed by atoms with Gasteiger partial charge in [0, 0.05) is 15.4 Å². The van der Waals surface area contributed by atoms with Crippen molar-refractivity contribution in [1.29, 1.82) is 0 Å². The number of aldehydes is 1. The van der Waals surface area contributed by atoms with Gasteiger partial charge in [0.25, 0.3) is 0 Å². The van der Waals surface area contributed by atoms with Gasteiger partial charge in [-0.2, -0.15) is 0 Å². The maximum absolute atomic E-state index is 10.8. The molecule has 0 saturated carbocycles. The second-order valence-electron chi connectivity index (χ2n) is 2.80. The first-order valence-electron chi connectivity index (χ1n) is 3.95. The molecule has 2 heteroatoms. The number of benzene rings is 2. The van der Waals surface area contributed by atoms with Crippen molar-refractivity contribution in [3.05, 3.63) is 46.4 Å². The average Bonchev–Trinajstić information content (AvgIpc) is 2.17. The Labute approximate surface area is 84.5 Å². The van der Waals surface area contributed by atoms with Gasteiger partial charge in [-0.1, -0.05) is 46.3 Å². The Kier molecular flexibility index (Phi) is 2.15. The minimum atomic E-state index is 0.727. The topological polar surface area (TPSA) is 17.1 Å². The van der Waals surface area contributed by atoms with Gasteiger partial charge in [-0.25, -0.2) is 0 Å². The Hall–Kier alpha value is -1.15. The highest BCUT2D eigenvalue weighted by molar-refractivity contribution is 9.10. The van der Waals surface area contributed by atoms with E-state index in [1.165, 1.54) is 0 Å². The van der Waals surface area contributed by atoms with Crippen LogP contribution in [0.15, 0.2) is 40.9 Å². The maximum atomic E-state index is 10.8. The Balaban J connectivity index is 2.94. The molecule has 0 amide bonds. The molecule has 0 atom stereocenters. The molecule has 2 aromatic carbocycles. The predicted molar refractivity (Wildman–Crippen MR) is 57.0 cm³/mol. The van der Waals surface area contributed by atoms with E-state index in [0.29, 0.717) is 0 Å². The van der Waals surface area contributed by atoms with Gasteiger partial charge >= 0.3 is 0 Å². The second kappa shape index (κ2) is 3.30. The second-order valence-corrected chi connectivity index (χ2v) is 3.66. The maximum Gasteiger partial charge on any atom is 0.150 e. The van der Waals surface area contributed by atoms with Crippen LogP contribution in [0, 0.1) is 0 Å². The van der Waals surface area contributed by atoms with E-state index in [4.69, 9.17) is 0 Å². The summed E-state index contributed by atoms with van der Waals surface area (Å²) < 4.78 is 0.965. The average molecular weight is 235 g/mol. The molecule has 0 aliphatic heterocycles. The minimum absolute atomic E-state index is 0.727. The standard InChI is InChI=1S/C11H7BrO/c12-10-6-2-4-8-3-1-5-9(7-13)11(8)10/h1-7H. The molecule has 0 spiro atoms. The lowest BCUT2D eigenvalue weighted by Gasteiger charge is -2.02. The highest BCUT2D eigenvalue weighted by Gasteiger charge is 2.02. The van der Waals surface area contributed by atoms with Crippen molar-refractivity contribution in [2.24, 2.45) is 0 Å².